The summed E-state index contributed by atoms with van der Waals surface area (Å²) in [5.74, 6) is 0.720. The molecule has 0 aliphatic heterocycles. The van der Waals surface area contributed by atoms with E-state index in [-0.39, 0.29) is 0 Å². The van der Waals surface area contributed by atoms with Crippen molar-refractivity contribution in [3.8, 4) is 0 Å². The maximum Gasteiger partial charge on any atom is 0.0162 e. The van der Waals surface area contributed by atoms with Gasteiger partial charge < -0.3 is 0 Å². The Kier molecular flexibility index (Phi) is 3.86. The van der Waals surface area contributed by atoms with Gasteiger partial charge in [-0.05, 0) is 46.1 Å². The van der Waals surface area contributed by atoms with Crippen LogP contribution in [0.4, 0.5) is 0 Å². The number of halogens is 3. The minimum absolute atomic E-state index is 0.720. The Balaban J connectivity index is 3.15. The fourth-order valence-electron chi connectivity index (χ4n) is 0.231. The van der Waals surface area contributed by atoms with E-state index in [1.165, 1.54) is 0 Å². The van der Waals surface area contributed by atoms with E-state index in [1.807, 2.05) is 6.92 Å². The van der Waals surface area contributed by atoms with Gasteiger partial charge in [-0.1, -0.05) is 6.92 Å². The van der Waals surface area contributed by atoms with E-state index < -0.39 is 7.67 Å². The van der Waals surface area contributed by atoms with Crippen LogP contribution < -0.4 is 0 Å². The van der Waals surface area contributed by atoms with E-state index in [0.29, 0.717) is 0 Å². The van der Waals surface area contributed by atoms with Crippen molar-refractivity contribution in [2.75, 3.05) is 5.75 Å². The summed E-state index contributed by atoms with van der Waals surface area (Å²) in [6, 6.07) is 0. The molecular weight excluding hydrogens is 174 g/mol. The van der Waals surface area contributed by atoms with E-state index in [4.69, 9.17) is 32.0 Å². The predicted octanol–water partition coefficient (Wildman–Crippen LogP) is 3.66. The second-order valence-electron chi connectivity index (χ2n) is 1.21. The third-order valence-corrected chi connectivity index (χ3v) is 2.70. The van der Waals surface area contributed by atoms with Crippen LogP contribution in [-0.4, -0.2) is 5.75 Å². The van der Waals surface area contributed by atoms with Crippen molar-refractivity contribution >= 4 is 39.7 Å². The molecule has 0 saturated carbocycles. The summed E-state index contributed by atoms with van der Waals surface area (Å²) in [6.07, 6.45) is 0.950. The Morgan fingerprint density at radius 2 is 1.71 bits per heavy atom. The first-order chi connectivity index (χ1) is 3.06. The zero-order valence-corrected chi connectivity index (χ0v) is 7.04. The molecule has 46 valence electrons. The van der Waals surface area contributed by atoms with Crippen LogP contribution in [0.2, 0.25) is 0 Å². The summed E-state index contributed by atoms with van der Waals surface area (Å²) in [6.45, 7) is 1.99. The van der Waals surface area contributed by atoms with Crippen molar-refractivity contribution in [3.05, 3.63) is 0 Å². The molecule has 0 heterocycles. The summed E-state index contributed by atoms with van der Waals surface area (Å²) in [7, 11) is 14.6. The van der Waals surface area contributed by atoms with Crippen LogP contribution in [0.3, 0.4) is 0 Å². The van der Waals surface area contributed by atoms with E-state index >= 15 is 0 Å². The lowest BCUT2D eigenvalue weighted by atomic mass is 10.6. The van der Waals surface area contributed by atoms with Crippen molar-refractivity contribution in [3.63, 3.8) is 0 Å². The average Bonchev–Trinajstić information content (AvgIpc) is 1.30. The summed E-state index contributed by atoms with van der Waals surface area (Å²) >= 11 is 0. The number of rotatable bonds is 2. The zero-order valence-electron chi connectivity index (χ0n) is 3.96. The van der Waals surface area contributed by atoms with Crippen LogP contribution in [0.15, 0.2) is 0 Å². The van der Waals surface area contributed by atoms with Crippen LogP contribution in [0.1, 0.15) is 13.3 Å². The highest BCUT2D eigenvalue weighted by Gasteiger charge is 2.09. The smallest absolute Gasteiger partial charge is 0.0162 e. The Hall–Kier alpha value is 1.22. The van der Waals surface area contributed by atoms with Gasteiger partial charge >= 0.3 is 0 Å². The molecule has 0 unspecified atom stereocenters. The van der Waals surface area contributed by atoms with Crippen molar-refractivity contribution in [1.82, 2.24) is 0 Å². The molecule has 4 heteroatoms. The first-order valence-corrected chi connectivity index (χ1v) is 6.24. The Morgan fingerprint density at radius 3 is 1.71 bits per heavy atom. The highest BCUT2D eigenvalue weighted by atomic mass is 36.2. The third kappa shape index (κ3) is 7.22. The van der Waals surface area contributed by atoms with Crippen LogP contribution in [0.25, 0.3) is 0 Å². The van der Waals surface area contributed by atoms with Gasteiger partial charge in [0.15, 0.2) is 0 Å². The molecule has 0 aliphatic rings. The molecule has 0 bridgehead atoms. The molecule has 0 nitrogen and oxygen atoms in total. The van der Waals surface area contributed by atoms with Crippen molar-refractivity contribution in [1.29, 1.82) is 0 Å². The summed E-state index contributed by atoms with van der Waals surface area (Å²) in [4.78, 5) is 0. The zero-order chi connectivity index (χ0) is 5.91. The molecule has 0 aromatic heterocycles. The Bertz CT molecular complexity index is 48.6. The molecule has 0 atom stereocenters. The minimum Gasteiger partial charge on any atom is -0.0645 e. The van der Waals surface area contributed by atoms with Gasteiger partial charge in [0.2, 0.25) is 0 Å². The molecule has 0 aromatic rings. The predicted molar refractivity (Wildman–Crippen MR) is 40.3 cm³/mol. The molecule has 0 radical (unpaired) electrons. The molecule has 7 heavy (non-hydrogen) atoms. The fraction of sp³-hybridized carbons (Fsp3) is 1.00. The molecule has 0 spiro atoms. The fourth-order valence-corrected chi connectivity index (χ4v) is 2.08. The summed E-state index contributed by atoms with van der Waals surface area (Å²) < 4.78 is 0. The quantitative estimate of drug-likeness (QED) is 0.610. The average molecular weight is 182 g/mol. The minimum atomic E-state index is -1.76. The van der Waals surface area contributed by atoms with E-state index in [1.54, 1.807) is 0 Å². The van der Waals surface area contributed by atoms with Crippen LogP contribution >= 0.6 is 39.7 Å². The van der Waals surface area contributed by atoms with Gasteiger partial charge in [0.25, 0.3) is 0 Å². The maximum atomic E-state index is 5.45. The van der Waals surface area contributed by atoms with Gasteiger partial charge in [0.05, 0.1) is 0 Å². The van der Waals surface area contributed by atoms with E-state index in [2.05, 4.69) is 0 Å². The van der Waals surface area contributed by atoms with Gasteiger partial charge in [-0.15, -0.1) is 0 Å². The van der Waals surface area contributed by atoms with Gasteiger partial charge in [0, 0.05) is 5.75 Å². The topological polar surface area (TPSA) is 0 Å². The molecule has 0 fully saturated rings. The van der Waals surface area contributed by atoms with Crippen molar-refractivity contribution in [2.24, 2.45) is 0 Å². The second kappa shape index (κ2) is 3.29. The standard InChI is InChI=1S/C3H7Cl3S/c1-2-3-7(4,5)6/h2-3H2,1H3. The lowest BCUT2D eigenvalue weighted by molar-refractivity contribution is 1.11. The van der Waals surface area contributed by atoms with Crippen LogP contribution in [-0.2, 0) is 0 Å². The maximum absolute atomic E-state index is 5.45. The molecule has 0 saturated heterocycles. The van der Waals surface area contributed by atoms with Gasteiger partial charge in [0.1, 0.15) is 0 Å². The molecular formula is C3H7Cl3S. The summed E-state index contributed by atoms with van der Waals surface area (Å²) in [5, 5.41) is 0. The highest BCUT2D eigenvalue weighted by Crippen LogP contribution is 2.63. The number of hydrogen-bond acceptors (Lipinski definition) is 0. The second-order valence-corrected chi connectivity index (χ2v) is 8.78. The lowest BCUT2D eigenvalue weighted by Crippen LogP contribution is -1.76. The molecule has 0 rings (SSSR count). The molecule has 0 N–H and O–H groups in total. The van der Waals surface area contributed by atoms with E-state index in [9.17, 15) is 0 Å². The molecule has 0 amide bonds. The highest BCUT2D eigenvalue weighted by molar-refractivity contribution is 8.79. The SMILES string of the molecule is CCCS(Cl)(Cl)Cl. The van der Waals surface area contributed by atoms with Crippen LogP contribution in [0, 0.1) is 0 Å². The lowest BCUT2D eigenvalue weighted by Gasteiger charge is -2.11. The largest absolute Gasteiger partial charge is 0.0645 e. The first-order valence-electron chi connectivity index (χ1n) is 1.96. The number of hydrogen-bond donors (Lipinski definition) is 0. The third-order valence-electron chi connectivity index (χ3n) is 0.436. The molecule has 0 aromatic carbocycles. The Labute approximate surface area is 58.9 Å². The Morgan fingerprint density at radius 1 is 1.29 bits per heavy atom. The first kappa shape index (κ1) is 8.22. The van der Waals surface area contributed by atoms with Gasteiger partial charge in [-0.3, -0.25) is 0 Å². The van der Waals surface area contributed by atoms with Gasteiger partial charge in [-0.2, -0.15) is 0 Å². The van der Waals surface area contributed by atoms with Crippen LogP contribution in [0.5, 0.6) is 0 Å². The van der Waals surface area contributed by atoms with Crippen molar-refractivity contribution < 1.29 is 0 Å². The summed E-state index contributed by atoms with van der Waals surface area (Å²) in [5.41, 5.74) is 0. The van der Waals surface area contributed by atoms with Gasteiger partial charge in [-0.25, -0.2) is 0 Å². The van der Waals surface area contributed by atoms with Crippen molar-refractivity contribution in [2.45, 2.75) is 13.3 Å². The monoisotopic (exact) mass is 180 g/mol. The normalized spacial score (nSPS) is 14.3. The molecule has 0 aliphatic carbocycles. The van der Waals surface area contributed by atoms with E-state index in [0.717, 1.165) is 12.2 Å².